The van der Waals surface area contributed by atoms with E-state index in [0.717, 1.165) is 11.8 Å². The zero-order valence-electron chi connectivity index (χ0n) is 12.1. The molecule has 1 aliphatic rings. The van der Waals surface area contributed by atoms with Crippen LogP contribution in [0, 0.1) is 0 Å². The van der Waals surface area contributed by atoms with Gasteiger partial charge in [0.2, 0.25) is 0 Å². The average Bonchev–Trinajstić information content (AvgIpc) is 2.44. The number of hydrogen-bond acceptors (Lipinski definition) is 3. The minimum absolute atomic E-state index is 0.496. The van der Waals surface area contributed by atoms with Crippen molar-refractivity contribution in [2.75, 3.05) is 31.9 Å². The smallest absolute Gasteiger partial charge is 0.0332 e. The fraction of sp³-hybridized carbons (Fsp3) is 0.625. The zero-order valence-corrected chi connectivity index (χ0v) is 13.0. The van der Waals surface area contributed by atoms with Crippen molar-refractivity contribution in [1.29, 1.82) is 0 Å². The van der Waals surface area contributed by atoms with E-state index in [-0.39, 0.29) is 0 Å². The number of benzene rings is 1. The molecule has 1 aromatic rings. The van der Waals surface area contributed by atoms with Gasteiger partial charge in [0.25, 0.3) is 0 Å². The molecule has 0 amide bonds. The van der Waals surface area contributed by atoms with E-state index in [1.807, 2.05) is 0 Å². The molecule has 0 spiro atoms. The van der Waals surface area contributed by atoms with Crippen molar-refractivity contribution in [2.24, 2.45) is 0 Å². The SMILES string of the molecule is CCNC(CCN1CCSC(C)C1)c1ccccc1. The minimum Gasteiger partial charge on any atom is -0.310 e. The number of hydrogen-bond donors (Lipinski definition) is 1. The lowest BCUT2D eigenvalue weighted by atomic mass is 10.0. The predicted molar refractivity (Wildman–Crippen MR) is 85.8 cm³/mol. The summed E-state index contributed by atoms with van der Waals surface area (Å²) in [5.41, 5.74) is 1.42. The van der Waals surface area contributed by atoms with Crippen molar-refractivity contribution >= 4 is 11.8 Å². The highest BCUT2D eigenvalue weighted by molar-refractivity contribution is 7.99. The Balaban J connectivity index is 1.86. The normalized spacial score (nSPS) is 22.3. The third-order valence-corrected chi connectivity index (χ3v) is 4.85. The van der Waals surface area contributed by atoms with Gasteiger partial charge in [-0.3, -0.25) is 0 Å². The number of nitrogens with zero attached hydrogens (tertiary/aromatic N) is 1. The minimum atomic E-state index is 0.496. The van der Waals surface area contributed by atoms with Crippen LogP contribution >= 0.6 is 11.8 Å². The molecule has 3 heteroatoms. The first-order chi connectivity index (χ1) is 9.29. The van der Waals surface area contributed by atoms with Gasteiger partial charge in [0.1, 0.15) is 0 Å². The summed E-state index contributed by atoms with van der Waals surface area (Å²) >= 11 is 2.11. The van der Waals surface area contributed by atoms with Crippen LogP contribution in [-0.4, -0.2) is 42.1 Å². The molecule has 1 saturated heterocycles. The lowest BCUT2D eigenvalue weighted by Crippen LogP contribution is -2.38. The maximum Gasteiger partial charge on any atom is 0.0332 e. The first-order valence-electron chi connectivity index (χ1n) is 7.42. The fourth-order valence-electron chi connectivity index (χ4n) is 2.72. The first kappa shape index (κ1) is 14.9. The van der Waals surface area contributed by atoms with Gasteiger partial charge in [-0.25, -0.2) is 0 Å². The fourth-order valence-corrected chi connectivity index (χ4v) is 3.81. The van der Waals surface area contributed by atoms with E-state index in [9.17, 15) is 0 Å². The van der Waals surface area contributed by atoms with Crippen molar-refractivity contribution in [1.82, 2.24) is 10.2 Å². The number of thioether (sulfide) groups is 1. The Morgan fingerprint density at radius 1 is 1.37 bits per heavy atom. The largest absolute Gasteiger partial charge is 0.310 e. The van der Waals surface area contributed by atoms with Crippen molar-refractivity contribution in [3.8, 4) is 0 Å². The molecule has 1 aromatic carbocycles. The summed E-state index contributed by atoms with van der Waals surface area (Å²) in [6.45, 7) is 9.27. The third kappa shape index (κ3) is 4.83. The Morgan fingerprint density at radius 2 is 2.16 bits per heavy atom. The van der Waals surface area contributed by atoms with Gasteiger partial charge in [0.05, 0.1) is 0 Å². The van der Waals surface area contributed by atoms with Crippen LogP contribution in [0.4, 0.5) is 0 Å². The predicted octanol–water partition coefficient (Wildman–Crippen LogP) is 3.16. The van der Waals surface area contributed by atoms with Crippen LogP contribution < -0.4 is 5.32 Å². The molecule has 1 N–H and O–H groups in total. The van der Waals surface area contributed by atoms with Gasteiger partial charge in [0, 0.05) is 36.7 Å². The molecule has 2 atom stereocenters. The molecule has 2 unspecified atom stereocenters. The van der Waals surface area contributed by atoms with Gasteiger partial charge in [-0.1, -0.05) is 44.2 Å². The zero-order chi connectivity index (χ0) is 13.5. The maximum absolute atomic E-state index is 3.62. The monoisotopic (exact) mass is 278 g/mol. The molecule has 2 rings (SSSR count). The Bertz CT molecular complexity index is 355. The standard InChI is InChI=1S/C16H26N2S/c1-3-17-16(15-7-5-4-6-8-15)9-10-18-11-12-19-14(2)13-18/h4-8,14,16-17H,3,9-13H2,1-2H3. The van der Waals surface area contributed by atoms with E-state index >= 15 is 0 Å². The molecular formula is C16H26N2S. The molecule has 1 fully saturated rings. The molecule has 0 saturated carbocycles. The molecule has 1 aliphatic heterocycles. The second-order valence-corrected chi connectivity index (χ2v) is 6.84. The van der Waals surface area contributed by atoms with Gasteiger partial charge in [-0.2, -0.15) is 11.8 Å². The summed E-state index contributed by atoms with van der Waals surface area (Å²) in [5, 5.41) is 4.41. The van der Waals surface area contributed by atoms with Gasteiger partial charge in [-0.15, -0.1) is 0 Å². The molecular weight excluding hydrogens is 252 g/mol. The second kappa shape index (κ2) is 7.93. The highest BCUT2D eigenvalue weighted by Gasteiger charge is 2.18. The van der Waals surface area contributed by atoms with Crippen LogP contribution in [0.15, 0.2) is 30.3 Å². The molecule has 2 nitrogen and oxygen atoms in total. The lowest BCUT2D eigenvalue weighted by Gasteiger charge is -2.31. The molecule has 0 aliphatic carbocycles. The highest BCUT2D eigenvalue weighted by atomic mass is 32.2. The maximum atomic E-state index is 3.62. The average molecular weight is 278 g/mol. The van der Waals surface area contributed by atoms with E-state index < -0.39 is 0 Å². The third-order valence-electron chi connectivity index (χ3n) is 3.71. The highest BCUT2D eigenvalue weighted by Crippen LogP contribution is 2.21. The number of nitrogens with one attached hydrogen (secondary N) is 1. The molecule has 0 radical (unpaired) electrons. The van der Waals surface area contributed by atoms with Crippen LogP contribution in [0.5, 0.6) is 0 Å². The Morgan fingerprint density at radius 3 is 2.84 bits per heavy atom. The molecule has 0 aromatic heterocycles. The van der Waals surface area contributed by atoms with E-state index in [4.69, 9.17) is 0 Å². The van der Waals surface area contributed by atoms with Gasteiger partial charge < -0.3 is 10.2 Å². The summed E-state index contributed by atoms with van der Waals surface area (Å²) in [6, 6.07) is 11.3. The Labute approximate surface area is 122 Å². The van der Waals surface area contributed by atoms with Crippen LogP contribution in [0.3, 0.4) is 0 Å². The van der Waals surface area contributed by atoms with E-state index in [1.165, 1.54) is 37.4 Å². The topological polar surface area (TPSA) is 15.3 Å². The summed E-state index contributed by atoms with van der Waals surface area (Å²) in [6.07, 6.45) is 1.20. The van der Waals surface area contributed by atoms with Gasteiger partial charge in [-0.05, 0) is 18.5 Å². The van der Waals surface area contributed by atoms with Crippen molar-refractivity contribution in [2.45, 2.75) is 31.6 Å². The van der Waals surface area contributed by atoms with E-state index in [1.54, 1.807) is 0 Å². The van der Waals surface area contributed by atoms with E-state index in [2.05, 4.69) is 66.2 Å². The second-order valence-electron chi connectivity index (χ2n) is 5.29. The van der Waals surface area contributed by atoms with Crippen molar-refractivity contribution < 1.29 is 0 Å². The molecule has 0 bridgehead atoms. The van der Waals surface area contributed by atoms with Crippen molar-refractivity contribution in [3.63, 3.8) is 0 Å². The van der Waals surface area contributed by atoms with Crippen LogP contribution in [0.1, 0.15) is 31.9 Å². The number of rotatable bonds is 6. The summed E-state index contributed by atoms with van der Waals surface area (Å²) in [5.74, 6) is 1.29. The van der Waals surface area contributed by atoms with Crippen LogP contribution in [-0.2, 0) is 0 Å². The van der Waals surface area contributed by atoms with E-state index in [0.29, 0.717) is 6.04 Å². The van der Waals surface area contributed by atoms with Crippen molar-refractivity contribution in [3.05, 3.63) is 35.9 Å². The molecule has 106 valence electrons. The summed E-state index contributed by atoms with van der Waals surface area (Å²) < 4.78 is 0. The Hall–Kier alpha value is -0.510. The molecule has 19 heavy (non-hydrogen) atoms. The lowest BCUT2D eigenvalue weighted by molar-refractivity contribution is 0.268. The van der Waals surface area contributed by atoms with Crippen LogP contribution in [0.2, 0.25) is 0 Å². The summed E-state index contributed by atoms with van der Waals surface area (Å²) in [4.78, 5) is 2.62. The van der Waals surface area contributed by atoms with Crippen LogP contribution in [0.25, 0.3) is 0 Å². The Kier molecular flexibility index (Phi) is 6.21. The summed E-state index contributed by atoms with van der Waals surface area (Å²) in [7, 11) is 0. The first-order valence-corrected chi connectivity index (χ1v) is 8.46. The van der Waals surface area contributed by atoms with Gasteiger partial charge >= 0.3 is 0 Å². The quantitative estimate of drug-likeness (QED) is 0.860. The van der Waals surface area contributed by atoms with Gasteiger partial charge in [0.15, 0.2) is 0 Å². The molecule has 1 heterocycles.